The molecule has 6 heteroatoms. The molecule has 138 valence electrons. The summed E-state index contributed by atoms with van der Waals surface area (Å²) in [6.45, 7) is 3.39. The van der Waals surface area contributed by atoms with E-state index in [0.717, 1.165) is 24.2 Å². The molecule has 0 aliphatic carbocycles. The molecule has 26 heavy (non-hydrogen) atoms. The molecule has 6 nitrogen and oxygen atoms in total. The second kappa shape index (κ2) is 7.64. The van der Waals surface area contributed by atoms with Crippen molar-refractivity contribution in [1.82, 2.24) is 10.2 Å². The number of hydrogen-bond acceptors (Lipinski definition) is 4. The van der Waals surface area contributed by atoms with Gasteiger partial charge in [-0.25, -0.2) is 0 Å². The first-order valence-corrected chi connectivity index (χ1v) is 8.76. The van der Waals surface area contributed by atoms with Gasteiger partial charge in [-0.3, -0.25) is 9.59 Å². The summed E-state index contributed by atoms with van der Waals surface area (Å²) in [4.78, 5) is 27.0. The zero-order valence-corrected chi connectivity index (χ0v) is 15.2. The summed E-state index contributed by atoms with van der Waals surface area (Å²) < 4.78 is 10.3. The van der Waals surface area contributed by atoms with E-state index in [2.05, 4.69) is 5.32 Å². The molecule has 1 aromatic heterocycles. The Morgan fingerprint density at radius 1 is 1.27 bits per heavy atom. The first-order chi connectivity index (χ1) is 12.5. The summed E-state index contributed by atoms with van der Waals surface area (Å²) in [6.07, 6.45) is 3.03. The Balaban J connectivity index is 1.60. The molecule has 2 aromatic rings. The molecule has 0 radical (unpaired) electrons. The van der Waals surface area contributed by atoms with Gasteiger partial charge in [0, 0.05) is 19.6 Å². The quantitative estimate of drug-likeness (QED) is 0.894. The number of rotatable bonds is 5. The minimum absolute atomic E-state index is 0.0368. The van der Waals surface area contributed by atoms with Gasteiger partial charge in [0.1, 0.15) is 5.75 Å². The molecular weight excluding hydrogens is 332 g/mol. The van der Waals surface area contributed by atoms with Crippen LogP contribution in [0.3, 0.4) is 0 Å². The molecule has 3 rings (SSSR count). The van der Waals surface area contributed by atoms with Gasteiger partial charge in [0.25, 0.3) is 5.91 Å². The first kappa shape index (κ1) is 18.0. The SMILES string of the molecule is COc1ccc(CNC(=O)C2(C)CCCN(C(=O)c3ccco3)C2)cc1. The van der Waals surface area contributed by atoms with E-state index in [-0.39, 0.29) is 11.8 Å². The highest BCUT2D eigenvalue weighted by molar-refractivity contribution is 5.92. The Kier molecular flexibility index (Phi) is 5.30. The second-order valence-corrected chi connectivity index (χ2v) is 6.90. The molecule has 2 amide bonds. The molecule has 0 saturated carbocycles. The number of likely N-dealkylation sites (tertiary alicyclic amines) is 1. The van der Waals surface area contributed by atoms with Gasteiger partial charge in [-0.2, -0.15) is 0 Å². The molecule has 1 aliphatic heterocycles. The number of hydrogen-bond donors (Lipinski definition) is 1. The van der Waals surface area contributed by atoms with Crippen molar-refractivity contribution in [3.05, 3.63) is 54.0 Å². The Morgan fingerprint density at radius 3 is 2.69 bits per heavy atom. The standard InChI is InChI=1S/C20H24N2O4/c1-20(19(24)21-13-15-6-8-16(25-2)9-7-15)10-4-11-22(14-20)18(23)17-5-3-12-26-17/h3,5-9,12H,4,10-11,13-14H2,1-2H3,(H,21,24). The van der Waals surface area contributed by atoms with Crippen LogP contribution in [0.15, 0.2) is 47.1 Å². The summed E-state index contributed by atoms with van der Waals surface area (Å²) in [5.74, 6) is 0.897. The van der Waals surface area contributed by atoms with Crippen LogP contribution < -0.4 is 10.1 Å². The number of carbonyl (C=O) groups excluding carboxylic acids is 2. The van der Waals surface area contributed by atoms with Crippen LogP contribution in [0.4, 0.5) is 0 Å². The maximum atomic E-state index is 12.8. The monoisotopic (exact) mass is 356 g/mol. The Morgan fingerprint density at radius 2 is 2.04 bits per heavy atom. The minimum Gasteiger partial charge on any atom is -0.497 e. The van der Waals surface area contributed by atoms with Crippen molar-refractivity contribution in [3.63, 3.8) is 0 Å². The van der Waals surface area contributed by atoms with Gasteiger partial charge in [0.2, 0.25) is 5.91 Å². The summed E-state index contributed by atoms with van der Waals surface area (Å²) in [6, 6.07) is 10.9. The average molecular weight is 356 g/mol. The average Bonchev–Trinajstić information content (AvgIpc) is 3.20. The van der Waals surface area contributed by atoms with Crippen LogP contribution in [0.25, 0.3) is 0 Å². The van der Waals surface area contributed by atoms with Gasteiger partial charge in [-0.05, 0) is 49.6 Å². The Labute approximate surface area is 153 Å². The number of methoxy groups -OCH3 is 1. The lowest BCUT2D eigenvalue weighted by molar-refractivity contribution is -0.132. The van der Waals surface area contributed by atoms with E-state index in [1.807, 2.05) is 31.2 Å². The lowest BCUT2D eigenvalue weighted by atomic mass is 9.80. The van der Waals surface area contributed by atoms with Crippen LogP contribution in [-0.4, -0.2) is 36.9 Å². The van der Waals surface area contributed by atoms with Crippen LogP contribution >= 0.6 is 0 Å². The topological polar surface area (TPSA) is 71.8 Å². The molecule has 1 N–H and O–H groups in total. The number of carbonyl (C=O) groups is 2. The van der Waals surface area contributed by atoms with Gasteiger partial charge >= 0.3 is 0 Å². The van der Waals surface area contributed by atoms with Crippen molar-refractivity contribution in [2.45, 2.75) is 26.3 Å². The summed E-state index contributed by atoms with van der Waals surface area (Å²) in [7, 11) is 1.62. The Bertz CT molecular complexity index is 755. The second-order valence-electron chi connectivity index (χ2n) is 6.90. The van der Waals surface area contributed by atoms with E-state index in [1.165, 1.54) is 6.26 Å². The van der Waals surface area contributed by atoms with Gasteiger partial charge in [-0.1, -0.05) is 12.1 Å². The lowest BCUT2D eigenvalue weighted by Gasteiger charge is -2.39. The third-order valence-electron chi connectivity index (χ3n) is 4.88. The van der Waals surface area contributed by atoms with Crippen molar-refractivity contribution in [1.29, 1.82) is 0 Å². The third-order valence-corrected chi connectivity index (χ3v) is 4.88. The molecular formula is C20H24N2O4. The molecule has 1 saturated heterocycles. The zero-order valence-electron chi connectivity index (χ0n) is 15.2. The number of nitrogens with one attached hydrogen (secondary N) is 1. The van der Waals surface area contributed by atoms with E-state index in [0.29, 0.717) is 25.4 Å². The maximum Gasteiger partial charge on any atom is 0.289 e. The molecule has 1 unspecified atom stereocenters. The molecule has 1 aliphatic rings. The van der Waals surface area contributed by atoms with Gasteiger partial charge in [0.05, 0.1) is 18.8 Å². The number of benzene rings is 1. The van der Waals surface area contributed by atoms with Crippen molar-refractivity contribution >= 4 is 11.8 Å². The van der Waals surface area contributed by atoms with E-state index in [4.69, 9.17) is 9.15 Å². The minimum atomic E-state index is -0.604. The smallest absolute Gasteiger partial charge is 0.289 e. The molecule has 0 spiro atoms. The number of piperidine rings is 1. The first-order valence-electron chi connectivity index (χ1n) is 8.76. The van der Waals surface area contributed by atoms with Crippen LogP contribution in [0.5, 0.6) is 5.75 Å². The van der Waals surface area contributed by atoms with Gasteiger partial charge < -0.3 is 19.4 Å². The Hall–Kier alpha value is -2.76. The molecule has 1 aromatic carbocycles. The normalized spacial score (nSPS) is 19.8. The van der Waals surface area contributed by atoms with Crippen molar-refractivity contribution in [2.24, 2.45) is 5.41 Å². The van der Waals surface area contributed by atoms with Gasteiger partial charge in [0.15, 0.2) is 5.76 Å². The van der Waals surface area contributed by atoms with E-state index < -0.39 is 5.41 Å². The number of furan rings is 1. The third kappa shape index (κ3) is 3.90. The highest BCUT2D eigenvalue weighted by Gasteiger charge is 2.39. The summed E-state index contributed by atoms with van der Waals surface area (Å²) >= 11 is 0. The van der Waals surface area contributed by atoms with Crippen molar-refractivity contribution in [2.75, 3.05) is 20.2 Å². The maximum absolute atomic E-state index is 12.8. The number of amides is 2. The molecule has 1 atom stereocenters. The fraction of sp³-hybridized carbons (Fsp3) is 0.400. The van der Waals surface area contributed by atoms with Crippen LogP contribution in [0.2, 0.25) is 0 Å². The highest BCUT2D eigenvalue weighted by atomic mass is 16.5. The highest BCUT2D eigenvalue weighted by Crippen LogP contribution is 2.30. The van der Waals surface area contributed by atoms with Crippen molar-refractivity contribution < 1.29 is 18.7 Å². The van der Waals surface area contributed by atoms with E-state index in [1.54, 1.807) is 24.1 Å². The fourth-order valence-corrected chi connectivity index (χ4v) is 3.29. The van der Waals surface area contributed by atoms with E-state index in [9.17, 15) is 9.59 Å². The molecule has 0 bridgehead atoms. The van der Waals surface area contributed by atoms with E-state index >= 15 is 0 Å². The predicted molar refractivity (Wildman–Crippen MR) is 96.8 cm³/mol. The fourth-order valence-electron chi connectivity index (χ4n) is 3.29. The lowest BCUT2D eigenvalue weighted by Crippen LogP contribution is -2.51. The van der Waals surface area contributed by atoms with Crippen LogP contribution in [0.1, 0.15) is 35.9 Å². The van der Waals surface area contributed by atoms with Crippen LogP contribution in [-0.2, 0) is 11.3 Å². The zero-order chi connectivity index (χ0) is 18.6. The van der Waals surface area contributed by atoms with Gasteiger partial charge in [-0.15, -0.1) is 0 Å². The predicted octanol–water partition coefficient (Wildman–Crippen LogP) is 2.85. The summed E-state index contributed by atoms with van der Waals surface area (Å²) in [5, 5.41) is 3.00. The largest absolute Gasteiger partial charge is 0.497 e. The molecule has 1 fully saturated rings. The molecule has 2 heterocycles. The number of nitrogens with zero attached hydrogens (tertiary/aromatic N) is 1. The summed E-state index contributed by atoms with van der Waals surface area (Å²) in [5.41, 5.74) is 0.398. The number of ether oxygens (including phenoxy) is 1. The van der Waals surface area contributed by atoms with Crippen LogP contribution in [0, 0.1) is 5.41 Å². The van der Waals surface area contributed by atoms with Crippen molar-refractivity contribution in [3.8, 4) is 5.75 Å².